The van der Waals surface area contributed by atoms with E-state index in [2.05, 4.69) is 41.4 Å². The Hall–Kier alpha value is -1.32. The van der Waals surface area contributed by atoms with Crippen molar-refractivity contribution in [2.45, 2.75) is 33.6 Å². The summed E-state index contributed by atoms with van der Waals surface area (Å²) in [4.78, 5) is 8.87. The maximum absolute atomic E-state index is 4.43. The first-order valence-electron chi connectivity index (χ1n) is 5.65. The zero-order valence-corrected chi connectivity index (χ0v) is 9.80. The van der Waals surface area contributed by atoms with E-state index in [-0.39, 0.29) is 0 Å². The smallest absolute Gasteiger partial charge is 0.133 e. The molecule has 2 N–H and O–H groups in total. The minimum atomic E-state index is 0.883. The third-order valence-electron chi connectivity index (χ3n) is 1.96. The van der Waals surface area contributed by atoms with E-state index < -0.39 is 0 Å². The fourth-order valence-corrected chi connectivity index (χ4v) is 1.38. The molecule has 0 spiro atoms. The highest BCUT2D eigenvalue weighted by Gasteiger charge is 2.02. The van der Waals surface area contributed by atoms with Crippen molar-refractivity contribution in [2.24, 2.45) is 0 Å². The second-order valence-corrected chi connectivity index (χ2v) is 3.37. The van der Waals surface area contributed by atoms with E-state index in [1.165, 1.54) is 0 Å². The van der Waals surface area contributed by atoms with Gasteiger partial charge in [0.1, 0.15) is 17.5 Å². The van der Waals surface area contributed by atoms with E-state index in [0.29, 0.717) is 0 Å². The van der Waals surface area contributed by atoms with E-state index >= 15 is 0 Å². The monoisotopic (exact) mass is 208 g/mol. The Balaban J connectivity index is 2.86. The molecule has 84 valence electrons. The van der Waals surface area contributed by atoms with Gasteiger partial charge in [0.15, 0.2) is 0 Å². The van der Waals surface area contributed by atoms with Crippen LogP contribution in [0.5, 0.6) is 0 Å². The van der Waals surface area contributed by atoms with Gasteiger partial charge in [-0.25, -0.2) is 9.97 Å². The van der Waals surface area contributed by atoms with Crippen molar-refractivity contribution < 1.29 is 0 Å². The molecule has 0 aliphatic rings. The van der Waals surface area contributed by atoms with Crippen LogP contribution in [0.15, 0.2) is 6.07 Å². The lowest BCUT2D eigenvalue weighted by Gasteiger charge is -2.08. The Morgan fingerprint density at radius 1 is 1.00 bits per heavy atom. The Kier molecular flexibility index (Phi) is 4.87. The van der Waals surface area contributed by atoms with Gasteiger partial charge in [0, 0.05) is 25.6 Å². The van der Waals surface area contributed by atoms with E-state index in [1.54, 1.807) is 0 Å². The minimum Gasteiger partial charge on any atom is -0.370 e. The summed E-state index contributed by atoms with van der Waals surface area (Å²) in [7, 11) is 0. The lowest BCUT2D eigenvalue weighted by atomic mass is 10.3. The maximum Gasteiger partial charge on any atom is 0.133 e. The quantitative estimate of drug-likeness (QED) is 0.753. The van der Waals surface area contributed by atoms with E-state index in [9.17, 15) is 0 Å². The fraction of sp³-hybridized carbons (Fsp3) is 0.636. The topological polar surface area (TPSA) is 49.8 Å². The van der Waals surface area contributed by atoms with Gasteiger partial charge in [0.25, 0.3) is 0 Å². The normalized spacial score (nSPS) is 10.1. The van der Waals surface area contributed by atoms with Crippen LogP contribution >= 0.6 is 0 Å². The molecule has 0 saturated carbocycles. The van der Waals surface area contributed by atoms with Crippen LogP contribution in [0.1, 0.15) is 33.0 Å². The number of aryl methyl sites for hydroxylation is 1. The molecule has 1 aromatic rings. The number of anilines is 2. The summed E-state index contributed by atoms with van der Waals surface area (Å²) in [6.07, 6.45) is 2.00. The summed E-state index contributed by atoms with van der Waals surface area (Å²) in [5.41, 5.74) is 0. The Morgan fingerprint density at radius 3 is 1.93 bits per heavy atom. The average molecular weight is 208 g/mol. The zero-order chi connectivity index (χ0) is 11.1. The van der Waals surface area contributed by atoms with E-state index in [4.69, 9.17) is 0 Å². The predicted molar refractivity (Wildman–Crippen MR) is 64.4 cm³/mol. The lowest BCUT2D eigenvalue weighted by Crippen LogP contribution is -2.07. The molecule has 1 aromatic heterocycles. The first kappa shape index (κ1) is 11.8. The zero-order valence-electron chi connectivity index (χ0n) is 9.80. The molecule has 4 nitrogen and oxygen atoms in total. The third kappa shape index (κ3) is 3.73. The van der Waals surface area contributed by atoms with Crippen molar-refractivity contribution in [1.29, 1.82) is 0 Å². The highest BCUT2D eigenvalue weighted by Crippen LogP contribution is 2.11. The fourth-order valence-electron chi connectivity index (χ4n) is 1.38. The number of rotatable bonds is 6. The number of hydrogen-bond acceptors (Lipinski definition) is 4. The predicted octanol–water partition coefficient (Wildman–Crippen LogP) is 2.29. The molecule has 4 heteroatoms. The molecule has 0 bridgehead atoms. The Bertz CT molecular complexity index is 239. The van der Waals surface area contributed by atoms with Crippen LogP contribution in [0.4, 0.5) is 11.6 Å². The molecule has 1 rings (SSSR count). The first-order valence-corrected chi connectivity index (χ1v) is 5.65. The largest absolute Gasteiger partial charge is 0.370 e. The van der Waals surface area contributed by atoms with Crippen LogP contribution < -0.4 is 10.6 Å². The van der Waals surface area contributed by atoms with Crippen molar-refractivity contribution in [3.8, 4) is 0 Å². The molecule has 0 aliphatic carbocycles. The van der Waals surface area contributed by atoms with Crippen LogP contribution in [-0.4, -0.2) is 23.1 Å². The summed E-state index contributed by atoms with van der Waals surface area (Å²) in [6.45, 7) is 8.03. The second kappa shape index (κ2) is 6.22. The highest BCUT2D eigenvalue weighted by atomic mass is 15.1. The molecule has 0 saturated heterocycles. The SMILES string of the molecule is CCCc1nc(NCC)cc(NCC)n1. The van der Waals surface area contributed by atoms with Crippen LogP contribution in [0.2, 0.25) is 0 Å². The average Bonchev–Trinajstić information content (AvgIpc) is 2.19. The maximum atomic E-state index is 4.43. The molecular formula is C11H20N4. The van der Waals surface area contributed by atoms with E-state index in [0.717, 1.165) is 43.4 Å². The molecule has 1 heterocycles. The van der Waals surface area contributed by atoms with Crippen molar-refractivity contribution >= 4 is 11.6 Å². The number of nitrogens with one attached hydrogen (secondary N) is 2. The highest BCUT2D eigenvalue weighted by molar-refractivity contribution is 5.47. The molecule has 0 unspecified atom stereocenters. The lowest BCUT2D eigenvalue weighted by molar-refractivity contribution is 0.834. The second-order valence-electron chi connectivity index (χ2n) is 3.37. The molecule has 0 amide bonds. The number of nitrogens with zero attached hydrogens (tertiary/aromatic N) is 2. The van der Waals surface area contributed by atoms with Crippen LogP contribution in [-0.2, 0) is 6.42 Å². The van der Waals surface area contributed by atoms with Crippen molar-refractivity contribution in [2.75, 3.05) is 23.7 Å². The van der Waals surface area contributed by atoms with Gasteiger partial charge >= 0.3 is 0 Å². The van der Waals surface area contributed by atoms with Crippen molar-refractivity contribution in [3.63, 3.8) is 0 Å². The summed E-state index contributed by atoms with van der Waals surface area (Å²) in [6, 6.07) is 1.95. The van der Waals surface area contributed by atoms with Crippen molar-refractivity contribution in [1.82, 2.24) is 9.97 Å². The van der Waals surface area contributed by atoms with Gasteiger partial charge in [0.05, 0.1) is 0 Å². The summed E-state index contributed by atoms with van der Waals surface area (Å²) in [5, 5.41) is 6.43. The molecule has 0 fully saturated rings. The van der Waals surface area contributed by atoms with Crippen molar-refractivity contribution in [3.05, 3.63) is 11.9 Å². The summed E-state index contributed by atoms with van der Waals surface area (Å²) in [5.74, 6) is 2.73. The van der Waals surface area contributed by atoms with E-state index in [1.807, 2.05) is 6.07 Å². The van der Waals surface area contributed by atoms with Crippen LogP contribution in [0, 0.1) is 0 Å². The van der Waals surface area contributed by atoms with Gasteiger partial charge < -0.3 is 10.6 Å². The van der Waals surface area contributed by atoms with Gasteiger partial charge in [-0.1, -0.05) is 6.92 Å². The van der Waals surface area contributed by atoms with Gasteiger partial charge in [-0.05, 0) is 20.3 Å². The van der Waals surface area contributed by atoms with Gasteiger partial charge in [-0.2, -0.15) is 0 Å². The number of hydrogen-bond donors (Lipinski definition) is 2. The molecule has 0 aromatic carbocycles. The van der Waals surface area contributed by atoms with Gasteiger partial charge in [-0.15, -0.1) is 0 Å². The molecular weight excluding hydrogens is 188 g/mol. The summed E-state index contributed by atoms with van der Waals surface area (Å²) >= 11 is 0. The first-order chi connectivity index (χ1) is 7.30. The molecule has 0 radical (unpaired) electrons. The molecule has 0 aliphatic heterocycles. The third-order valence-corrected chi connectivity index (χ3v) is 1.96. The van der Waals surface area contributed by atoms with Crippen LogP contribution in [0.3, 0.4) is 0 Å². The standard InChI is InChI=1S/C11H20N4/c1-4-7-9-14-10(12-5-2)8-11(15-9)13-6-3/h8H,4-7H2,1-3H3,(H2,12,13,14,15). The molecule has 15 heavy (non-hydrogen) atoms. The van der Waals surface area contributed by atoms with Gasteiger partial charge in [-0.3, -0.25) is 0 Å². The minimum absolute atomic E-state index is 0.883. The molecule has 0 atom stereocenters. The van der Waals surface area contributed by atoms with Gasteiger partial charge in [0.2, 0.25) is 0 Å². The Morgan fingerprint density at radius 2 is 1.53 bits per heavy atom. The number of aromatic nitrogens is 2. The van der Waals surface area contributed by atoms with Crippen LogP contribution in [0.25, 0.3) is 0 Å². The Labute approximate surface area is 91.5 Å². The summed E-state index contributed by atoms with van der Waals surface area (Å²) < 4.78 is 0.